The summed E-state index contributed by atoms with van der Waals surface area (Å²) in [5.41, 5.74) is 1.23. The summed E-state index contributed by atoms with van der Waals surface area (Å²) in [6.45, 7) is 9.88. The first-order chi connectivity index (χ1) is 10.3. The molecule has 2 N–H and O–H groups in total. The lowest BCUT2D eigenvalue weighted by Crippen LogP contribution is -2.26. The lowest BCUT2D eigenvalue weighted by atomic mass is 10.1. The van der Waals surface area contributed by atoms with Gasteiger partial charge in [0.1, 0.15) is 18.0 Å². The second-order valence-corrected chi connectivity index (χ2v) is 5.70. The van der Waals surface area contributed by atoms with Crippen LogP contribution in [0.25, 0.3) is 0 Å². The van der Waals surface area contributed by atoms with Crippen molar-refractivity contribution in [3.63, 3.8) is 0 Å². The van der Waals surface area contributed by atoms with Crippen molar-refractivity contribution in [3.05, 3.63) is 11.9 Å². The van der Waals surface area contributed by atoms with Crippen molar-refractivity contribution in [2.45, 2.75) is 46.0 Å². The normalized spacial score (nSPS) is 15.3. The summed E-state index contributed by atoms with van der Waals surface area (Å²) in [5.74, 6) is 2.00. The van der Waals surface area contributed by atoms with Gasteiger partial charge >= 0.3 is 0 Å². The minimum absolute atomic E-state index is 0.959. The average molecular weight is 291 g/mol. The molecule has 0 aromatic carbocycles. The predicted octanol–water partition coefficient (Wildman–Crippen LogP) is 2.76. The number of nitrogens with zero attached hydrogens (tertiary/aromatic N) is 3. The maximum Gasteiger partial charge on any atom is 0.134 e. The Morgan fingerprint density at radius 1 is 1.00 bits per heavy atom. The molecule has 1 aromatic heterocycles. The lowest BCUT2D eigenvalue weighted by Gasteiger charge is -2.17. The fraction of sp³-hybridized carbons (Fsp3) is 0.750. The van der Waals surface area contributed by atoms with Gasteiger partial charge < -0.3 is 15.5 Å². The summed E-state index contributed by atoms with van der Waals surface area (Å²) in [6.07, 6.45) is 7.58. The van der Waals surface area contributed by atoms with Crippen LogP contribution >= 0.6 is 0 Å². The molecule has 2 rings (SSSR count). The van der Waals surface area contributed by atoms with Crippen LogP contribution in [-0.4, -0.2) is 47.6 Å². The molecule has 1 aromatic rings. The number of nitrogens with one attached hydrogen (secondary N) is 2. The van der Waals surface area contributed by atoms with Gasteiger partial charge in [0.05, 0.1) is 0 Å². The number of aromatic nitrogens is 2. The van der Waals surface area contributed by atoms with Crippen LogP contribution in [0, 0.1) is 0 Å². The summed E-state index contributed by atoms with van der Waals surface area (Å²) in [6, 6.07) is 0. The molecule has 0 spiro atoms. The average Bonchev–Trinajstić information content (AvgIpc) is 3.01. The number of hydrogen-bond acceptors (Lipinski definition) is 5. The predicted molar refractivity (Wildman–Crippen MR) is 89.0 cm³/mol. The zero-order valence-electron chi connectivity index (χ0n) is 13.5. The van der Waals surface area contributed by atoms with Crippen LogP contribution in [0.2, 0.25) is 0 Å². The third kappa shape index (κ3) is 4.84. The van der Waals surface area contributed by atoms with Crippen molar-refractivity contribution in [1.82, 2.24) is 14.9 Å². The van der Waals surface area contributed by atoms with Crippen LogP contribution in [0.1, 0.15) is 45.1 Å². The van der Waals surface area contributed by atoms with Crippen molar-refractivity contribution in [3.8, 4) is 0 Å². The van der Waals surface area contributed by atoms with Crippen LogP contribution < -0.4 is 10.6 Å². The van der Waals surface area contributed by atoms with Gasteiger partial charge in [0.25, 0.3) is 0 Å². The van der Waals surface area contributed by atoms with E-state index in [1.807, 2.05) is 0 Å². The number of likely N-dealkylation sites (tertiary alicyclic amines) is 1. The Morgan fingerprint density at radius 2 is 1.67 bits per heavy atom. The maximum absolute atomic E-state index is 4.45. The first-order valence-corrected chi connectivity index (χ1v) is 8.39. The van der Waals surface area contributed by atoms with E-state index in [1.54, 1.807) is 6.33 Å². The number of anilines is 2. The standard InChI is InChI=1S/C16H29N5/c1-3-7-14-15(17-8-4-2)19-13-20-16(14)18-9-12-21-10-5-6-11-21/h13H,3-12H2,1-2H3,(H2,17,18,19,20). The SMILES string of the molecule is CCCNc1ncnc(NCCN2CCCC2)c1CCC. The van der Waals surface area contributed by atoms with Crippen molar-refractivity contribution in [2.24, 2.45) is 0 Å². The molecular weight excluding hydrogens is 262 g/mol. The molecule has 5 nitrogen and oxygen atoms in total. The third-order valence-electron chi connectivity index (χ3n) is 3.91. The van der Waals surface area contributed by atoms with Crippen LogP contribution in [0.5, 0.6) is 0 Å². The Balaban J connectivity index is 1.95. The van der Waals surface area contributed by atoms with Crippen molar-refractivity contribution < 1.29 is 0 Å². The minimum Gasteiger partial charge on any atom is -0.370 e. The number of hydrogen-bond donors (Lipinski definition) is 2. The molecule has 1 aliphatic rings. The Morgan fingerprint density at radius 3 is 2.29 bits per heavy atom. The number of rotatable bonds is 9. The van der Waals surface area contributed by atoms with Crippen LogP contribution in [0.15, 0.2) is 6.33 Å². The highest BCUT2D eigenvalue weighted by molar-refractivity contribution is 5.57. The Bertz CT molecular complexity index is 415. The second-order valence-electron chi connectivity index (χ2n) is 5.70. The fourth-order valence-corrected chi connectivity index (χ4v) is 2.79. The molecular formula is C16H29N5. The Labute approximate surface area is 128 Å². The maximum atomic E-state index is 4.45. The van der Waals surface area contributed by atoms with Gasteiger partial charge in [-0.15, -0.1) is 0 Å². The topological polar surface area (TPSA) is 53.1 Å². The van der Waals surface area contributed by atoms with Crippen LogP contribution in [-0.2, 0) is 6.42 Å². The molecule has 1 fully saturated rings. The van der Waals surface area contributed by atoms with Gasteiger partial charge in [0.2, 0.25) is 0 Å². The van der Waals surface area contributed by atoms with E-state index in [0.29, 0.717) is 0 Å². The van der Waals surface area contributed by atoms with Gasteiger partial charge in [-0.05, 0) is 38.8 Å². The Kier molecular flexibility index (Phi) is 6.73. The van der Waals surface area contributed by atoms with E-state index in [2.05, 4.69) is 39.3 Å². The highest BCUT2D eigenvalue weighted by Crippen LogP contribution is 2.21. The molecule has 0 unspecified atom stereocenters. The smallest absolute Gasteiger partial charge is 0.134 e. The van der Waals surface area contributed by atoms with E-state index in [9.17, 15) is 0 Å². The monoisotopic (exact) mass is 291 g/mol. The molecule has 21 heavy (non-hydrogen) atoms. The molecule has 118 valence electrons. The van der Waals surface area contributed by atoms with Crippen LogP contribution in [0.3, 0.4) is 0 Å². The fourth-order valence-electron chi connectivity index (χ4n) is 2.79. The largest absolute Gasteiger partial charge is 0.370 e. The van der Waals surface area contributed by atoms with E-state index in [-0.39, 0.29) is 0 Å². The van der Waals surface area contributed by atoms with Gasteiger partial charge in [-0.3, -0.25) is 0 Å². The summed E-state index contributed by atoms with van der Waals surface area (Å²) in [5, 5.41) is 6.93. The molecule has 1 aliphatic heterocycles. The molecule has 0 saturated carbocycles. The van der Waals surface area contributed by atoms with Crippen molar-refractivity contribution in [2.75, 3.05) is 43.4 Å². The highest BCUT2D eigenvalue weighted by atomic mass is 15.2. The van der Waals surface area contributed by atoms with E-state index >= 15 is 0 Å². The molecule has 0 aliphatic carbocycles. The van der Waals surface area contributed by atoms with E-state index in [4.69, 9.17) is 0 Å². The molecule has 0 amide bonds. The van der Waals surface area contributed by atoms with Gasteiger partial charge in [0, 0.05) is 25.2 Å². The zero-order chi connectivity index (χ0) is 14.9. The minimum atomic E-state index is 0.959. The zero-order valence-corrected chi connectivity index (χ0v) is 13.5. The molecule has 0 bridgehead atoms. The summed E-state index contributed by atoms with van der Waals surface area (Å²) < 4.78 is 0. The van der Waals surface area contributed by atoms with E-state index in [1.165, 1.54) is 31.5 Å². The van der Waals surface area contributed by atoms with Gasteiger partial charge in [-0.25, -0.2) is 9.97 Å². The van der Waals surface area contributed by atoms with E-state index in [0.717, 1.165) is 50.5 Å². The quantitative estimate of drug-likeness (QED) is 0.733. The van der Waals surface area contributed by atoms with Gasteiger partial charge in [-0.2, -0.15) is 0 Å². The molecule has 0 radical (unpaired) electrons. The third-order valence-corrected chi connectivity index (χ3v) is 3.91. The molecule has 5 heteroatoms. The Hall–Kier alpha value is -1.36. The van der Waals surface area contributed by atoms with E-state index < -0.39 is 0 Å². The second kappa shape index (κ2) is 8.82. The highest BCUT2D eigenvalue weighted by Gasteiger charge is 2.13. The summed E-state index contributed by atoms with van der Waals surface area (Å²) >= 11 is 0. The molecule has 0 atom stereocenters. The van der Waals surface area contributed by atoms with Crippen molar-refractivity contribution >= 4 is 11.6 Å². The van der Waals surface area contributed by atoms with Gasteiger partial charge in [0.15, 0.2) is 0 Å². The lowest BCUT2D eigenvalue weighted by molar-refractivity contribution is 0.352. The summed E-state index contributed by atoms with van der Waals surface area (Å²) in [4.78, 5) is 11.4. The first kappa shape index (κ1) is 16.0. The van der Waals surface area contributed by atoms with Gasteiger partial charge in [-0.1, -0.05) is 20.3 Å². The molecule has 1 saturated heterocycles. The molecule has 2 heterocycles. The summed E-state index contributed by atoms with van der Waals surface area (Å²) in [7, 11) is 0. The van der Waals surface area contributed by atoms with Crippen molar-refractivity contribution in [1.29, 1.82) is 0 Å². The first-order valence-electron chi connectivity index (χ1n) is 8.39. The van der Waals surface area contributed by atoms with Crippen LogP contribution in [0.4, 0.5) is 11.6 Å².